The third-order valence-corrected chi connectivity index (χ3v) is 4.34. The molecule has 0 spiro atoms. The van der Waals surface area contributed by atoms with E-state index in [1.165, 1.54) is 12.5 Å². The molecule has 0 aromatic heterocycles. The largest absolute Gasteiger partial charge is 0.358 e. The van der Waals surface area contributed by atoms with E-state index in [9.17, 15) is 14.9 Å². The van der Waals surface area contributed by atoms with Crippen LogP contribution in [0.15, 0.2) is 48.5 Å². The molecule has 1 aliphatic rings. The van der Waals surface area contributed by atoms with Gasteiger partial charge in [0.05, 0.1) is 0 Å². The fraction of sp³-hybridized carbons (Fsp3) is 0.278. The molecule has 1 atom stereocenters. The first-order chi connectivity index (χ1) is 11.1. The van der Waals surface area contributed by atoms with Crippen molar-refractivity contribution < 1.29 is 9.72 Å². The van der Waals surface area contributed by atoms with Gasteiger partial charge in [-0.25, -0.2) is 0 Å². The molecule has 2 aromatic rings. The summed E-state index contributed by atoms with van der Waals surface area (Å²) in [7, 11) is 0. The Kier molecular flexibility index (Phi) is 4.10. The summed E-state index contributed by atoms with van der Waals surface area (Å²) in [6.45, 7) is 2.13. The summed E-state index contributed by atoms with van der Waals surface area (Å²) in [6, 6.07) is 14.9. The van der Waals surface area contributed by atoms with Gasteiger partial charge in [-0.3, -0.25) is 14.9 Å². The number of nitrogens with zero attached hydrogens (tertiary/aromatic N) is 2. The zero-order chi connectivity index (χ0) is 16.4. The van der Waals surface area contributed by atoms with Crippen molar-refractivity contribution >= 4 is 11.5 Å². The second-order valence-corrected chi connectivity index (χ2v) is 5.78. The van der Waals surface area contributed by atoms with E-state index < -0.39 is 0 Å². The van der Waals surface area contributed by atoms with Crippen LogP contribution in [0.3, 0.4) is 0 Å². The molecule has 0 saturated heterocycles. The van der Waals surface area contributed by atoms with Crippen LogP contribution in [0.25, 0.3) is 0 Å². The van der Waals surface area contributed by atoms with Crippen molar-refractivity contribution in [3.05, 3.63) is 75.3 Å². The third kappa shape index (κ3) is 3.08. The number of ketones is 1. The Hall–Kier alpha value is -2.69. The average molecular weight is 310 g/mol. The van der Waals surface area contributed by atoms with Gasteiger partial charge in [-0.1, -0.05) is 24.3 Å². The van der Waals surface area contributed by atoms with Gasteiger partial charge < -0.3 is 4.90 Å². The minimum Gasteiger partial charge on any atom is -0.358 e. The Bertz CT molecular complexity index is 740. The van der Waals surface area contributed by atoms with Crippen LogP contribution in [0.4, 0.5) is 5.69 Å². The van der Waals surface area contributed by atoms with E-state index in [2.05, 4.69) is 4.90 Å². The molecule has 23 heavy (non-hydrogen) atoms. The monoisotopic (exact) mass is 310 g/mol. The number of hydrogen-bond acceptors (Lipinski definition) is 4. The Morgan fingerprint density at radius 1 is 1.22 bits per heavy atom. The molecule has 3 rings (SSSR count). The van der Waals surface area contributed by atoms with E-state index in [-0.39, 0.29) is 23.3 Å². The Balaban J connectivity index is 1.97. The molecule has 1 aliphatic heterocycles. The number of carbonyl (C=O) groups is 1. The van der Waals surface area contributed by atoms with Gasteiger partial charge >= 0.3 is 0 Å². The van der Waals surface area contributed by atoms with Gasteiger partial charge in [-0.15, -0.1) is 0 Å². The summed E-state index contributed by atoms with van der Waals surface area (Å²) in [5.74, 6) is 0.0161. The lowest BCUT2D eigenvalue weighted by molar-refractivity contribution is -0.483. The third-order valence-electron chi connectivity index (χ3n) is 4.34. The standard InChI is InChI=1S/C18H18N2O3/c1-13(21)14-6-8-16(9-7-14)19-11-10-15-4-2-3-5-17(15)18(19)12-20(22)23/h2-9,18H,10-12H2,1H3. The van der Waals surface area contributed by atoms with Crippen molar-refractivity contribution in [3.8, 4) is 0 Å². The van der Waals surface area contributed by atoms with E-state index in [0.29, 0.717) is 5.56 Å². The molecule has 0 radical (unpaired) electrons. The molecule has 0 saturated carbocycles. The number of rotatable bonds is 4. The highest BCUT2D eigenvalue weighted by molar-refractivity contribution is 5.94. The van der Waals surface area contributed by atoms with E-state index in [1.54, 1.807) is 12.1 Å². The topological polar surface area (TPSA) is 63.5 Å². The van der Waals surface area contributed by atoms with Crippen LogP contribution in [0.5, 0.6) is 0 Å². The Labute approximate surface area is 134 Å². The van der Waals surface area contributed by atoms with Crippen molar-refractivity contribution in [2.75, 3.05) is 18.0 Å². The summed E-state index contributed by atoms with van der Waals surface area (Å²) in [5, 5.41) is 11.1. The summed E-state index contributed by atoms with van der Waals surface area (Å²) >= 11 is 0. The second kappa shape index (κ2) is 6.20. The smallest absolute Gasteiger partial charge is 0.228 e. The van der Waals surface area contributed by atoms with E-state index >= 15 is 0 Å². The molecular formula is C18H18N2O3. The molecule has 0 aliphatic carbocycles. The van der Waals surface area contributed by atoms with E-state index in [0.717, 1.165) is 24.2 Å². The van der Waals surface area contributed by atoms with Crippen LogP contribution in [0.1, 0.15) is 34.5 Å². The first kappa shape index (κ1) is 15.2. The summed E-state index contributed by atoms with van der Waals surface area (Å²) in [5.41, 5.74) is 3.76. The summed E-state index contributed by atoms with van der Waals surface area (Å²) in [4.78, 5) is 24.3. The van der Waals surface area contributed by atoms with Gasteiger partial charge in [-0.05, 0) is 48.7 Å². The highest BCUT2D eigenvalue weighted by Crippen LogP contribution is 2.34. The number of fused-ring (bicyclic) bond motifs is 1. The second-order valence-electron chi connectivity index (χ2n) is 5.78. The first-order valence-electron chi connectivity index (χ1n) is 7.63. The molecular weight excluding hydrogens is 292 g/mol. The summed E-state index contributed by atoms with van der Waals surface area (Å²) in [6.07, 6.45) is 0.860. The van der Waals surface area contributed by atoms with Gasteiger partial charge in [0.1, 0.15) is 6.04 Å². The lowest BCUT2D eigenvalue weighted by atomic mass is 9.92. The number of benzene rings is 2. The van der Waals surface area contributed by atoms with Crippen molar-refractivity contribution in [1.82, 2.24) is 0 Å². The number of Topliss-reactive ketones (excluding diaryl/α,β-unsaturated/α-hetero) is 1. The highest BCUT2D eigenvalue weighted by atomic mass is 16.6. The predicted octanol–water partition coefficient (Wildman–Crippen LogP) is 3.27. The number of hydrogen-bond donors (Lipinski definition) is 0. The van der Waals surface area contributed by atoms with Gasteiger partial charge in [0.15, 0.2) is 5.78 Å². The summed E-state index contributed by atoms with van der Waals surface area (Å²) < 4.78 is 0. The van der Waals surface area contributed by atoms with Crippen LogP contribution in [0, 0.1) is 10.1 Å². The van der Waals surface area contributed by atoms with Gasteiger partial charge in [0.2, 0.25) is 6.54 Å². The normalized spacial score (nSPS) is 16.7. The molecule has 0 bridgehead atoms. The molecule has 0 amide bonds. The van der Waals surface area contributed by atoms with Gasteiger partial charge in [0.25, 0.3) is 0 Å². The Morgan fingerprint density at radius 2 is 1.91 bits per heavy atom. The zero-order valence-electron chi connectivity index (χ0n) is 12.9. The number of carbonyl (C=O) groups excluding carboxylic acids is 1. The van der Waals surface area contributed by atoms with E-state index in [1.807, 2.05) is 36.4 Å². The quantitative estimate of drug-likeness (QED) is 0.494. The molecule has 0 N–H and O–H groups in total. The van der Waals surface area contributed by atoms with Crippen molar-refractivity contribution in [2.24, 2.45) is 0 Å². The van der Waals surface area contributed by atoms with Crippen molar-refractivity contribution in [2.45, 2.75) is 19.4 Å². The van der Waals surface area contributed by atoms with Gasteiger partial charge in [-0.2, -0.15) is 0 Å². The Morgan fingerprint density at radius 3 is 2.57 bits per heavy atom. The first-order valence-corrected chi connectivity index (χ1v) is 7.63. The fourth-order valence-electron chi connectivity index (χ4n) is 3.19. The van der Waals surface area contributed by atoms with Crippen LogP contribution < -0.4 is 4.90 Å². The SMILES string of the molecule is CC(=O)c1ccc(N2CCc3ccccc3C2C[N+](=O)[O-])cc1. The fourth-order valence-corrected chi connectivity index (χ4v) is 3.19. The number of nitro groups is 1. The van der Waals surface area contributed by atoms with Crippen LogP contribution >= 0.6 is 0 Å². The zero-order valence-corrected chi connectivity index (χ0v) is 12.9. The minimum absolute atomic E-state index is 0.0161. The lowest BCUT2D eigenvalue weighted by Crippen LogP contribution is -2.39. The molecule has 118 valence electrons. The molecule has 5 heteroatoms. The maximum absolute atomic E-state index is 11.4. The molecule has 1 unspecified atom stereocenters. The highest BCUT2D eigenvalue weighted by Gasteiger charge is 2.31. The van der Waals surface area contributed by atoms with E-state index in [4.69, 9.17) is 0 Å². The molecule has 0 fully saturated rings. The van der Waals surface area contributed by atoms with Crippen LogP contribution in [-0.4, -0.2) is 23.8 Å². The lowest BCUT2D eigenvalue weighted by Gasteiger charge is -2.37. The maximum Gasteiger partial charge on any atom is 0.228 e. The molecule has 5 nitrogen and oxygen atoms in total. The van der Waals surface area contributed by atoms with Crippen LogP contribution in [0.2, 0.25) is 0 Å². The average Bonchev–Trinajstić information content (AvgIpc) is 2.55. The van der Waals surface area contributed by atoms with Crippen molar-refractivity contribution in [3.63, 3.8) is 0 Å². The van der Waals surface area contributed by atoms with Crippen molar-refractivity contribution in [1.29, 1.82) is 0 Å². The van der Waals surface area contributed by atoms with Crippen LogP contribution in [-0.2, 0) is 6.42 Å². The predicted molar refractivity (Wildman–Crippen MR) is 88.5 cm³/mol. The molecule has 1 heterocycles. The maximum atomic E-state index is 11.4. The number of anilines is 1. The molecule has 2 aromatic carbocycles. The van der Waals surface area contributed by atoms with Gasteiger partial charge in [0, 0.05) is 22.7 Å². The minimum atomic E-state index is -0.280.